The van der Waals surface area contributed by atoms with E-state index in [9.17, 15) is 0 Å². The second-order valence-corrected chi connectivity index (χ2v) is 1.63. The topological polar surface area (TPSA) is 52.0 Å². The van der Waals surface area contributed by atoms with Crippen LogP contribution >= 0.6 is 0 Å². The quantitative estimate of drug-likeness (QED) is 0.562. The van der Waals surface area contributed by atoms with E-state index in [1.807, 2.05) is 12.1 Å². The molecule has 0 aliphatic carbocycles. The molecule has 1 aromatic rings. The molecule has 0 unspecified atom stereocenters. The minimum atomic E-state index is 0. The minimum absolute atomic E-state index is 0. The van der Waals surface area contributed by atoms with Crippen LogP contribution in [0.15, 0.2) is 24.3 Å². The second kappa shape index (κ2) is 3.37. The molecule has 4 N–H and O–H groups in total. The van der Waals surface area contributed by atoms with Crippen LogP contribution in [0.3, 0.4) is 0 Å². The number of hydrogen-bond donors (Lipinski definition) is 2. The van der Waals surface area contributed by atoms with Crippen molar-refractivity contribution in [3.8, 4) is 0 Å². The summed E-state index contributed by atoms with van der Waals surface area (Å²) in [7, 11) is 0. The van der Waals surface area contributed by atoms with Crippen molar-refractivity contribution in [2.45, 2.75) is 0 Å². The molecule has 0 aromatic heterocycles. The van der Waals surface area contributed by atoms with Crippen LogP contribution < -0.4 is 11.5 Å². The predicted molar refractivity (Wildman–Crippen MR) is 35.3 cm³/mol. The zero-order valence-corrected chi connectivity index (χ0v) is 5.84. The van der Waals surface area contributed by atoms with Gasteiger partial charge in [0, 0.05) is 0 Å². The van der Waals surface area contributed by atoms with Gasteiger partial charge in [-0.2, -0.15) is 0 Å². The van der Waals surface area contributed by atoms with E-state index < -0.39 is 0 Å². The fourth-order valence-corrected chi connectivity index (χ4v) is 0.511. The smallest absolute Gasteiger partial charge is 0.397 e. The summed E-state index contributed by atoms with van der Waals surface area (Å²) >= 11 is 0. The molecule has 1 radical (unpaired) electrons. The van der Waals surface area contributed by atoms with E-state index in [2.05, 4.69) is 0 Å². The van der Waals surface area contributed by atoms with Gasteiger partial charge in [-0.25, -0.2) is 0 Å². The first-order chi connectivity index (χ1) is 3.80. The van der Waals surface area contributed by atoms with Gasteiger partial charge >= 0.3 is 16.8 Å². The monoisotopic (exact) mass is 167 g/mol. The fraction of sp³-hybridized carbons (Fsp3) is 0. The fourth-order valence-electron chi connectivity index (χ4n) is 0.511. The van der Waals surface area contributed by atoms with Gasteiger partial charge in [0.2, 0.25) is 0 Å². The van der Waals surface area contributed by atoms with E-state index in [4.69, 9.17) is 11.5 Å². The molecule has 9 heavy (non-hydrogen) atoms. The molecule has 0 atom stereocenters. The Morgan fingerprint density at radius 1 is 0.889 bits per heavy atom. The van der Waals surface area contributed by atoms with Crippen molar-refractivity contribution in [1.82, 2.24) is 0 Å². The zero-order valence-electron chi connectivity index (χ0n) is 4.80. The standard InChI is InChI=1S/C6H8N2.Co/c7-5-3-1-2-4-6(5)8;/h1-4H,7-8H2;/q;+2. The van der Waals surface area contributed by atoms with Gasteiger partial charge in [-0.15, -0.1) is 0 Å². The molecule has 0 aliphatic rings. The van der Waals surface area contributed by atoms with Crippen LogP contribution in [0.5, 0.6) is 0 Å². The van der Waals surface area contributed by atoms with Gasteiger partial charge in [-0.05, 0) is 12.1 Å². The van der Waals surface area contributed by atoms with E-state index >= 15 is 0 Å². The Hall–Kier alpha value is -0.674. The maximum atomic E-state index is 5.39. The van der Waals surface area contributed by atoms with Crippen molar-refractivity contribution in [1.29, 1.82) is 0 Å². The Kier molecular flexibility index (Phi) is 3.12. The first-order valence-corrected chi connectivity index (χ1v) is 2.40. The summed E-state index contributed by atoms with van der Waals surface area (Å²) in [5, 5.41) is 0. The van der Waals surface area contributed by atoms with Crippen molar-refractivity contribution in [3.63, 3.8) is 0 Å². The van der Waals surface area contributed by atoms with Gasteiger partial charge in [0.05, 0.1) is 11.4 Å². The van der Waals surface area contributed by atoms with E-state index in [0.29, 0.717) is 11.4 Å². The molecule has 0 bridgehead atoms. The average Bonchev–Trinajstić information content (AvgIpc) is 1.77. The molecule has 0 saturated carbocycles. The third-order valence-corrected chi connectivity index (χ3v) is 0.996. The van der Waals surface area contributed by atoms with E-state index in [1.165, 1.54) is 0 Å². The number of nitrogens with two attached hydrogens (primary N) is 2. The van der Waals surface area contributed by atoms with Crippen LogP contribution in [0.2, 0.25) is 0 Å². The second-order valence-electron chi connectivity index (χ2n) is 1.63. The largest absolute Gasteiger partial charge is 2.00 e. The van der Waals surface area contributed by atoms with Gasteiger partial charge in [-0.1, -0.05) is 12.1 Å². The molecule has 0 spiro atoms. The number of anilines is 2. The molecule has 0 amide bonds. The van der Waals surface area contributed by atoms with Crippen LogP contribution in [0.4, 0.5) is 11.4 Å². The molecular formula is C6H8CoN2+2. The first kappa shape index (κ1) is 8.33. The first-order valence-electron chi connectivity index (χ1n) is 2.40. The summed E-state index contributed by atoms with van der Waals surface area (Å²) in [5.74, 6) is 0. The maximum absolute atomic E-state index is 5.39. The molecular weight excluding hydrogens is 159 g/mol. The summed E-state index contributed by atoms with van der Waals surface area (Å²) in [6, 6.07) is 7.25. The summed E-state index contributed by atoms with van der Waals surface area (Å²) in [6.45, 7) is 0. The third kappa shape index (κ3) is 1.95. The van der Waals surface area contributed by atoms with Crippen LogP contribution in [0.25, 0.3) is 0 Å². The van der Waals surface area contributed by atoms with Crippen LogP contribution in [0.1, 0.15) is 0 Å². The summed E-state index contributed by atoms with van der Waals surface area (Å²) in [6.07, 6.45) is 0. The van der Waals surface area contributed by atoms with Gasteiger partial charge in [0.25, 0.3) is 0 Å². The van der Waals surface area contributed by atoms with Crippen molar-refractivity contribution in [2.75, 3.05) is 11.5 Å². The molecule has 2 nitrogen and oxygen atoms in total. The average molecular weight is 167 g/mol. The number of rotatable bonds is 0. The number of nitrogen functional groups attached to an aromatic ring is 2. The van der Waals surface area contributed by atoms with Crippen molar-refractivity contribution >= 4 is 11.4 Å². The Bertz CT molecular complexity index is 167. The van der Waals surface area contributed by atoms with Crippen LogP contribution in [-0.2, 0) is 16.8 Å². The molecule has 0 fully saturated rings. The van der Waals surface area contributed by atoms with Crippen LogP contribution in [0, 0.1) is 0 Å². The number of benzene rings is 1. The Morgan fingerprint density at radius 2 is 1.22 bits per heavy atom. The van der Waals surface area contributed by atoms with E-state index in [1.54, 1.807) is 12.1 Å². The Morgan fingerprint density at radius 3 is 1.44 bits per heavy atom. The Labute approximate surface area is 64.4 Å². The van der Waals surface area contributed by atoms with Gasteiger partial charge < -0.3 is 11.5 Å². The normalized spacial score (nSPS) is 8.00. The van der Waals surface area contributed by atoms with Gasteiger partial charge in [0.1, 0.15) is 0 Å². The summed E-state index contributed by atoms with van der Waals surface area (Å²) in [5.41, 5.74) is 12.1. The Balaban J connectivity index is 0.000000640. The van der Waals surface area contributed by atoms with E-state index in [0.717, 1.165) is 0 Å². The molecule has 0 heterocycles. The van der Waals surface area contributed by atoms with Gasteiger partial charge in [0.15, 0.2) is 0 Å². The van der Waals surface area contributed by atoms with Crippen molar-refractivity contribution < 1.29 is 16.8 Å². The minimum Gasteiger partial charge on any atom is -0.397 e. The van der Waals surface area contributed by atoms with Gasteiger partial charge in [-0.3, -0.25) is 0 Å². The summed E-state index contributed by atoms with van der Waals surface area (Å²) in [4.78, 5) is 0. The molecule has 1 aromatic carbocycles. The number of hydrogen-bond acceptors (Lipinski definition) is 2. The predicted octanol–water partition coefficient (Wildman–Crippen LogP) is 0.849. The van der Waals surface area contributed by atoms with Crippen molar-refractivity contribution in [2.24, 2.45) is 0 Å². The van der Waals surface area contributed by atoms with Crippen molar-refractivity contribution in [3.05, 3.63) is 24.3 Å². The molecule has 0 saturated heterocycles. The third-order valence-electron chi connectivity index (χ3n) is 0.996. The molecule has 3 heteroatoms. The molecule has 0 aliphatic heterocycles. The SMILES string of the molecule is Nc1ccccc1N.[Co+2]. The summed E-state index contributed by atoms with van der Waals surface area (Å²) < 4.78 is 0. The number of para-hydroxylation sites is 2. The van der Waals surface area contributed by atoms with Crippen LogP contribution in [-0.4, -0.2) is 0 Å². The van der Waals surface area contributed by atoms with E-state index in [-0.39, 0.29) is 16.8 Å². The molecule has 1 rings (SSSR count). The zero-order chi connectivity index (χ0) is 5.98. The molecule has 49 valence electrons. The maximum Gasteiger partial charge on any atom is 2.00 e.